The molecule has 1 N–H and O–H groups in total. The molecule has 2 unspecified atom stereocenters. The maximum absolute atomic E-state index is 11.0. The normalized spacial score (nSPS) is 28.6. The van der Waals surface area contributed by atoms with Crippen LogP contribution in [0, 0.1) is 23.0 Å². The van der Waals surface area contributed by atoms with E-state index in [9.17, 15) is 10.1 Å². The first-order valence-corrected chi connectivity index (χ1v) is 7.61. The van der Waals surface area contributed by atoms with Crippen molar-refractivity contribution in [3.63, 3.8) is 0 Å². The Labute approximate surface area is 124 Å². The third kappa shape index (κ3) is 2.85. The van der Waals surface area contributed by atoms with Crippen LogP contribution in [0.3, 0.4) is 0 Å². The fraction of sp³-hybridized carbons (Fsp3) is 0.667. The molecule has 2 saturated heterocycles. The van der Waals surface area contributed by atoms with Crippen LogP contribution in [0.25, 0.3) is 0 Å². The summed E-state index contributed by atoms with van der Waals surface area (Å²) in [7, 11) is 2.23. The molecular weight excluding hydrogens is 268 g/mol. The number of aryl methyl sites for hydroxylation is 1. The van der Waals surface area contributed by atoms with Gasteiger partial charge in [0.1, 0.15) is 5.82 Å². The minimum atomic E-state index is -0.349. The molecule has 0 aliphatic carbocycles. The minimum absolute atomic E-state index is 0.135. The number of nitro groups is 1. The molecule has 0 radical (unpaired) electrons. The summed E-state index contributed by atoms with van der Waals surface area (Å²) in [5.74, 6) is 1.25. The highest BCUT2D eigenvalue weighted by Crippen LogP contribution is 2.37. The van der Waals surface area contributed by atoms with Crippen molar-refractivity contribution in [1.29, 1.82) is 0 Å². The summed E-state index contributed by atoms with van der Waals surface area (Å²) in [6.45, 7) is 2.57. The van der Waals surface area contributed by atoms with Crippen molar-refractivity contribution in [1.82, 2.24) is 9.88 Å². The predicted octanol–water partition coefficient (Wildman–Crippen LogP) is 2.58. The molecule has 2 aliphatic heterocycles. The molecule has 114 valence electrons. The van der Waals surface area contributed by atoms with E-state index in [-0.39, 0.29) is 10.6 Å². The van der Waals surface area contributed by atoms with Crippen molar-refractivity contribution < 1.29 is 4.92 Å². The van der Waals surface area contributed by atoms with E-state index in [0.29, 0.717) is 17.3 Å². The zero-order valence-corrected chi connectivity index (χ0v) is 12.6. The molecule has 2 atom stereocenters. The van der Waals surface area contributed by atoms with Gasteiger partial charge in [-0.25, -0.2) is 4.98 Å². The van der Waals surface area contributed by atoms with Gasteiger partial charge < -0.3 is 10.2 Å². The quantitative estimate of drug-likeness (QED) is 0.681. The Morgan fingerprint density at radius 1 is 1.43 bits per heavy atom. The van der Waals surface area contributed by atoms with Gasteiger partial charge in [-0.3, -0.25) is 10.1 Å². The van der Waals surface area contributed by atoms with Crippen LogP contribution >= 0.6 is 0 Å². The lowest BCUT2D eigenvalue weighted by Crippen LogP contribution is -2.41. The van der Waals surface area contributed by atoms with E-state index in [2.05, 4.69) is 22.2 Å². The van der Waals surface area contributed by atoms with Crippen molar-refractivity contribution in [3.8, 4) is 0 Å². The van der Waals surface area contributed by atoms with Crippen LogP contribution in [0.15, 0.2) is 12.3 Å². The van der Waals surface area contributed by atoms with E-state index in [0.717, 1.165) is 18.6 Å². The lowest BCUT2D eigenvalue weighted by molar-refractivity contribution is -0.385. The summed E-state index contributed by atoms with van der Waals surface area (Å²) >= 11 is 0. The van der Waals surface area contributed by atoms with E-state index < -0.39 is 0 Å². The number of rotatable bonds is 4. The van der Waals surface area contributed by atoms with Gasteiger partial charge in [0.2, 0.25) is 0 Å². The van der Waals surface area contributed by atoms with Crippen molar-refractivity contribution in [3.05, 3.63) is 27.9 Å². The third-order valence-corrected chi connectivity index (χ3v) is 5.04. The van der Waals surface area contributed by atoms with E-state index in [1.165, 1.54) is 25.7 Å². The number of hydrogen-bond acceptors (Lipinski definition) is 5. The predicted molar refractivity (Wildman–Crippen MR) is 81.4 cm³/mol. The van der Waals surface area contributed by atoms with Gasteiger partial charge in [0.25, 0.3) is 5.69 Å². The van der Waals surface area contributed by atoms with Crippen LogP contribution < -0.4 is 5.32 Å². The van der Waals surface area contributed by atoms with E-state index in [1.54, 1.807) is 19.2 Å². The second-order valence-corrected chi connectivity index (χ2v) is 6.38. The van der Waals surface area contributed by atoms with Gasteiger partial charge in [-0.2, -0.15) is 0 Å². The first kappa shape index (κ1) is 14.3. The van der Waals surface area contributed by atoms with E-state index >= 15 is 0 Å². The molecule has 2 aliphatic rings. The SMILES string of the molecule is Cc1cnc(NCC2CC3CCC(C2)N3C)cc1[N+](=O)[O-]. The Balaban J connectivity index is 1.61. The van der Waals surface area contributed by atoms with Crippen LogP contribution in [-0.2, 0) is 0 Å². The number of hydrogen-bond donors (Lipinski definition) is 1. The molecule has 0 amide bonds. The molecule has 6 heteroatoms. The number of fused-ring (bicyclic) bond motifs is 2. The number of aromatic nitrogens is 1. The van der Waals surface area contributed by atoms with Crippen LogP contribution in [0.1, 0.15) is 31.2 Å². The molecule has 6 nitrogen and oxygen atoms in total. The molecule has 2 bridgehead atoms. The van der Waals surface area contributed by atoms with Gasteiger partial charge in [0.15, 0.2) is 0 Å². The van der Waals surface area contributed by atoms with Gasteiger partial charge in [-0.15, -0.1) is 0 Å². The van der Waals surface area contributed by atoms with Gasteiger partial charge in [0.05, 0.1) is 11.0 Å². The average Bonchev–Trinajstić information content (AvgIpc) is 2.68. The first-order chi connectivity index (χ1) is 10.0. The smallest absolute Gasteiger partial charge is 0.277 e. The third-order valence-electron chi connectivity index (χ3n) is 5.04. The van der Waals surface area contributed by atoms with Crippen LogP contribution in [0.5, 0.6) is 0 Å². The van der Waals surface area contributed by atoms with Gasteiger partial charge in [0, 0.05) is 30.4 Å². The zero-order chi connectivity index (χ0) is 15.0. The largest absolute Gasteiger partial charge is 0.370 e. The van der Waals surface area contributed by atoms with Gasteiger partial charge >= 0.3 is 0 Å². The molecule has 1 aromatic rings. The maximum atomic E-state index is 11.0. The topological polar surface area (TPSA) is 71.3 Å². The Hall–Kier alpha value is -1.69. The molecule has 21 heavy (non-hydrogen) atoms. The number of nitrogens with one attached hydrogen (secondary N) is 1. The number of pyridine rings is 1. The second-order valence-electron chi connectivity index (χ2n) is 6.38. The van der Waals surface area contributed by atoms with Crippen LogP contribution in [0.4, 0.5) is 11.5 Å². The highest BCUT2D eigenvalue weighted by molar-refractivity contribution is 5.48. The Morgan fingerprint density at radius 2 is 2.10 bits per heavy atom. The van der Waals surface area contributed by atoms with E-state index in [1.807, 2.05) is 0 Å². The molecule has 3 heterocycles. The Kier molecular flexibility index (Phi) is 3.80. The molecule has 0 spiro atoms. The molecular formula is C15H22N4O2. The highest BCUT2D eigenvalue weighted by atomic mass is 16.6. The monoisotopic (exact) mass is 290 g/mol. The molecule has 1 aromatic heterocycles. The van der Waals surface area contributed by atoms with Crippen molar-refractivity contribution in [2.75, 3.05) is 18.9 Å². The van der Waals surface area contributed by atoms with Crippen LogP contribution in [-0.4, -0.2) is 40.5 Å². The van der Waals surface area contributed by atoms with Crippen molar-refractivity contribution in [2.24, 2.45) is 5.92 Å². The van der Waals surface area contributed by atoms with Gasteiger partial charge in [-0.05, 0) is 45.6 Å². The molecule has 3 rings (SSSR count). The first-order valence-electron chi connectivity index (χ1n) is 7.61. The van der Waals surface area contributed by atoms with Gasteiger partial charge in [-0.1, -0.05) is 0 Å². The summed E-state index contributed by atoms with van der Waals surface area (Å²) in [4.78, 5) is 17.4. The summed E-state index contributed by atoms with van der Waals surface area (Å²) in [5, 5.41) is 14.2. The Morgan fingerprint density at radius 3 is 2.71 bits per heavy atom. The van der Waals surface area contributed by atoms with Crippen LogP contribution in [0.2, 0.25) is 0 Å². The summed E-state index contributed by atoms with van der Waals surface area (Å²) in [6, 6.07) is 2.98. The fourth-order valence-corrected chi connectivity index (χ4v) is 3.75. The standard InChI is InChI=1S/C15H22N4O2/c1-10-8-16-15(7-14(10)19(20)21)17-9-11-5-12-3-4-13(6-11)18(12)2/h7-8,11-13H,3-6,9H2,1-2H3,(H,16,17). The summed E-state index contributed by atoms with van der Waals surface area (Å²) in [6.07, 6.45) is 6.62. The highest BCUT2D eigenvalue weighted by Gasteiger charge is 2.38. The lowest BCUT2D eigenvalue weighted by Gasteiger charge is -2.36. The Bertz CT molecular complexity index is 534. The maximum Gasteiger partial charge on any atom is 0.277 e. The fourth-order valence-electron chi connectivity index (χ4n) is 3.75. The molecule has 0 saturated carbocycles. The minimum Gasteiger partial charge on any atom is -0.370 e. The van der Waals surface area contributed by atoms with Crippen molar-refractivity contribution in [2.45, 2.75) is 44.7 Å². The average molecular weight is 290 g/mol. The summed E-state index contributed by atoms with van der Waals surface area (Å²) in [5.41, 5.74) is 0.735. The van der Waals surface area contributed by atoms with Crippen molar-refractivity contribution >= 4 is 11.5 Å². The second kappa shape index (κ2) is 5.60. The number of piperidine rings is 1. The number of anilines is 1. The lowest BCUT2D eigenvalue weighted by atomic mass is 9.91. The zero-order valence-electron chi connectivity index (χ0n) is 12.6. The summed E-state index contributed by atoms with van der Waals surface area (Å²) < 4.78 is 0. The number of nitrogens with zero attached hydrogens (tertiary/aromatic N) is 3. The molecule has 0 aromatic carbocycles. The van der Waals surface area contributed by atoms with E-state index in [4.69, 9.17) is 0 Å². The molecule has 2 fully saturated rings.